The van der Waals surface area contributed by atoms with E-state index in [1.165, 1.54) is 10.9 Å². The van der Waals surface area contributed by atoms with Gasteiger partial charge in [-0.2, -0.15) is 0 Å². The molecule has 31 heavy (non-hydrogen) atoms. The van der Waals surface area contributed by atoms with Gasteiger partial charge in [-0.15, -0.1) is 0 Å². The molecule has 0 spiro atoms. The summed E-state index contributed by atoms with van der Waals surface area (Å²) in [7, 11) is 0. The second kappa shape index (κ2) is 7.28. The van der Waals surface area contributed by atoms with Gasteiger partial charge in [0.1, 0.15) is 0 Å². The summed E-state index contributed by atoms with van der Waals surface area (Å²) in [5.74, 6) is 1.20. The molecule has 0 fully saturated rings. The summed E-state index contributed by atoms with van der Waals surface area (Å²) in [5.41, 5.74) is 3.34. The molecule has 5 rings (SSSR count). The Kier molecular flexibility index (Phi) is 4.55. The van der Waals surface area contributed by atoms with Crippen LogP contribution in [0.15, 0.2) is 53.6 Å². The second-order valence-electron chi connectivity index (χ2n) is 7.42. The van der Waals surface area contributed by atoms with E-state index in [1.807, 2.05) is 42.7 Å². The van der Waals surface area contributed by atoms with Gasteiger partial charge in [0.2, 0.25) is 6.79 Å². The first-order chi connectivity index (χ1) is 14.9. The van der Waals surface area contributed by atoms with Crippen LogP contribution < -0.4 is 15.0 Å². The molecule has 0 atom stereocenters. The number of halogens is 1. The van der Waals surface area contributed by atoms with Crippen LogP contribution in [0.1, 0.15) is 21.7 Å². The third-order valence-electron chi connectivity index (χ3n) is 5.45. The molecule has 7 nitrogen and oxygen atoms in total. The normalized spacial score (nSPS) is 12.5. The monoisotopic (exact) mass is 435 g/mol. The molecule has 0 N–H and O–H groups in total. The van der Waals surface area contributed by atoms with Gasteiger partial charge in [-0.25, -0.2) is 4.98 Å². The first-order valence-electron chi connectivity index (χ1n) is 9.69. The van der Waals surface area contributed by atoms with Crippen LogP contribution in [0.4, 0.5) is 0 Å². The molecule has 0 unspecified atom stereocenters. The lowest BCUT2D eigenvalue weighted by Crippen LogP contribution is -2.25. The minimum Gasteiger partial charge on any atom is -0.454 e. The molecule has 3 heterocycles. The smallest absolute Gasteiger partial charge is 0.261 e. The number of hydrogen-bond donors (Lipinski definition) is 0. The second-order valence-corrected chi connectivity index (χ2v) is 7.86. The number of rotatable bonds is 4. The van der Waals surface area contributed by atoms with Crippen molar-refractivity contribution in [2.45, 2.75) is 20.4 Å². The maximum atomic E-state index is 13.1. The highest BCUT2D eigenvalue weighted by atomic mass is 35.5. The molecule has 2 aromatic carbocycles. The van der Waals surface area contributed by atoms with Gasteiger partial charge < -0.3 is 14.0 Å². The maximum Gasteiger partial charge on any atom is 0.261 e. The van der Waals surface area contributed by atoms with Gasteiger partial charge in [0.05, 0.1) is 23.8 Å². The van der Waals surface area contributed by atoms with Crippen LogP contribution in [-0.4, -0.2) is 26.7 Å². The number of Topliss-reactive ketones (excluding diaryl/α,β-unsaturated/α-hetero) is 1. The summed E-state index contributed by atoms with van der Waals surface area (Å²) in [6, 6.07) is 12.4. The number of carbonyl (C=O) groups is 1. The highest BCUT2D eigenvalue weighted by molar-refractivity contribution is 6.31. The van der Waals surface area contributed by atoms with Crippen molar-refractivity contribution in [3.8, 4) is 17.2 Å². The molecule has 8 heteroatoms. The van der Waals surface area contributed by atoms with Crippen LogP contribution in [0.5, 0.6) is 11.5 Å². The Morgan fingerprint density at radius 3 is 2.74 bits per heavy atom. The van der Waals surface area contributed by atoms with Gasteiger partial charge in [-0.1, -0.05) is 11.6 Å². The van der Waals surface area contributed by atoms with Crippen LogP contribution in [-0.2, 0) is 6.54 Å². The van der Waals surface area contributed by atoms with Crippen LogP contribution in [0.2, 0.25) is 5.02 Å². The number of ether oxygens (including phenoxy) is 2. The maximum absolute atomic E-state index is 13.1. The Hall–Kier alpha value is -3.58. The number of nitrogens with zero attached hydrogens (tertiary/aromatic N) is 3. The predicted octanol–water partition coefficient (Wildman–Crippen LogP) is 4.07. The molecule has 2 aromatic heterocycles. The molecule has 0 radical (unpaired) electrons. The lowest BCUT2D eigenvalue weighted by molar-refractivity contribution is 0.0970. The number of carbonyl (C=O) groups excluding carboxylic acids is 1. The number of ketones is 1. The van der Waals surface area contributed by atoms with E-state index < -0.39 is 0 Å². The lowest BCUT2D eigenvalue weighted by Gasteiger charge is -2.11. The Balaban J connectivity index is 1.50. The molecule has 156 valence electrons. The highest BCUT2D eigenvalue weighted by Gasteiger charge is 2.20. The molecule has 0 saturated heterocycles. The van der Waals surface area contributed by atoms with E-state index >= 15 is 0 Å². The van der Waals surface area contributed by atoms with Gasteiger partial charge in [-0.05, 0) is 50.2 Å². The van der Waals surface area contributed by atoms with Crippen molar-refractivity contribution in [3.05, 3.63) is 81.1 Å². The van der Waals surface area contributed by atoms with Crippen molar-refractivity contribution in [2.75, 3.05) is 6.79 Å². The number of benzene rings is 2. The van der Waals surface area contributed by atoms with Crippen LogP contribution in [0, 0.1) is 13.8 Å². The van der Waals surface area contributed by atoms with E-state index in [1.54, 1.807) is 18.2 Å². The predicted molar refractivity (Wildman–Crippen MR) is 117 cm³/mol. The van der Waals surface area contributed by atoms with Crippen LogP contribution in [0.25, 0.3) is 16.6 Å². The Morgan fingerprint density at radius 2 is 1.90 bits per heavy atom. The summed E-state index contributed by atoms with van der Waals surface area (Å²) in [6.07, 6.45) is 1.40. The third-order valence-corrected chi connectivity index (χ3v) is 5.68. The Morgan fingerprint density at radius 1 is 1.10 bits per heavy atom. The largest absolute Gasteiger partial charge is 0.454 e. The number of hydrogen-bond acceptors (Lipinski definition) is 5. The van der Waals surface area contributed by atoms with Gasteiger partial charge in [0, 0.05) is 33.7 Å². The van der Waals surface area contributed by atoms with Crippen molar-refractivity contribution in [3.63, 3.8) is 0 Å². The minimum absolute atomic E-state index is 0.111. The SMILES string of the molecule is Cc1cc(C(=O)Cn2cnc3ccc(Cl)cc3c2=O)c(C)n1-c1ccc2c(c1)OCO2. The van der Waals surface area contributed by atoms with Gasteiger partial charge >= 0.3 is 0 Å². The minimum atomic E-state index is -0.301. The van der Waals surface area contributed by atoms with Crippen molar-refractivity contribution in [1.29, 1.82) is 0 Å². The quantitative estimate of drug-likeness (QED) is 0.452. The molecule has 1 aliphatic heterocycles. The zero-order valence-electron chi connectivity index (χ0n) is 16.9. The van der Waals surface area contributed by atoms with Gasteiger partial charge in [-0.3, -0.25) is 14.2 Å². The molecule has 0 bridgehead atoms. The summed E-state index contributed by atoms with van der Waals surface area (Å²) >= 11 is 6.02. The molecular weight excluding hydrogens is 418 g/mol. The average Bonchev–Trinajstić information content (AvgIpc) is 3.33. The summed E-state index contributed by atoms with van der Waals surface area (Å²) < 4.78 is 14.1. The van der Waals surface area contributed by atoms with Crippen molar-refractivity contribution in [1.82, 2.24) is 14.1 Å². The summed E-state index contributed by atoms with van der Waals surface area (Å²) in [6.45, 7) is 3.90. The lowest BCUT2D eigenvalue weighted by atomic mass is 10.1. The fourth-order valence-corrected chi connectivity index (χ4v) is 4.12. The van der Waals surface area contributed by atoms with E-state index in [9.17, 15) is 9.59 Å². The molecule has 0 amide bonds. The van der Waals surface area contributed by atoms with Gasteiger partial charge in [0.25, 0.3) is 5.56 Å². The topological polar surface area (TPSA) is 75.4 Å². The standard InChI is InChI=1S/C23H18ClN3O4/c1-13-7-17(14(2)27(13)16-4-6-21-22(9-16)31-12-30-21)20(28)10-26-11-25-19-5-3-15(24)8-18(19)23(26)29/h3-9,11H,10,12H2,1-2H3. The van der Waals surface area contributed by atoms with E-state index in [-0.39, 0.29) is 24.7 Å². The highest BCUT2D eigenvalue weighted by Crippen LogP contribution is 2.35. The number of aromatic nitrogens is 3. The fraction of sp³-hybridized carbons (Fsp3) is 0.174. The Bertz CT molecular complexity index is 1420. The zero-order valence-corrected chi connectivity index (χ0v) is 17.6. The molecule has 0 aliphatic carbocycles. The van der Waals surface area contributed by atoms with Crippen molar-refractivity contribution < 1.29 is 14.3 Å². The number of fused-ring (bicyclic) bond motifs is 2. The van der Waals surface area contributed by atoms with Gasteiger partial charge in [0.15, 0.2) is 17.3 Å². The zero-order chi connectivity index (χ0) is 21.7. The van der Waals surface area contributed by atoms with Crippen LogP contribution in [0.3, 0.4) is 0 Å². The van der Waals surface area contributed by atoms with E-state index in [2.05, 4.69) is 4.98 Å². The average molecular weight is 436 g/mol. The molecule has 4 aromatic rings. The summed E-state index contributed by atoms with van der Waals surface area (Å²) in [4.78, 5) is 30.2. The molecule has 0 saturated carbocycles. The fourth-order valence-electron chi connectivity index (χ4n) is 3.95. The first kappa shape index (κ1) is 19.4. The van der Waals surface area contributed by atoms with Crippen LogP contribution >= 0.6 is 11.6 Å². The molecular formula is C23H18ClN3O4. The van der Waals surface area contributed by atoms with E-state index in [0.29, 0.717) is 33.0 Å². The van der Waals surface area contributed by atoms with Crippen molar-refractivity contribution in [2.24, 2.45) is 0 Å². The summed E-state index contributed by atoms with van der Waals surface area (Å²) in [5, 5.41) is 0.830. The van der Waals surface area contributed by atoms with E-state index in [0.717, 1.165) is 17.1 Å². The molecule has 1 aliphatic rings. The first-order valence-corrected chi connectivity index (χ1v) is 10.1. The Labute approximate surface area is 182 Å². The third kappa shape index (κ3) is 3.27. The number of aryl methyl sites for hydroxylation is 1. The van der Waals surface area contributed by atoms with Crippen molar-refractivity contribution >= 4 is 28.3 Å². The van der Waals surface area contributed by atoms with E-state index in [4.69, 9.17) is 21.1 Å².